The predicted molar refractivity (Wildman–Crippen MR) is 60.5 cm³/mol. The Balaban J connectivity index is 2.62. The Morgan fingerprint density at radius 2 is 1.28 bits per heavy atom. The molecule has 102 valence electrons. The fraction of sp³-hybridized carbons (Fsp3) is 0.750. The van der Waals surface area contributed by atoms with Crippen LogP contribution in [0.25, 0.3) is 0 Å². The van der Waals surface area contributed by atoms with Crippen molar-refractivity contribution in [3.63, 3.8) is 0 Å². The summed E-state index contributed by atoms with van der Waals surface area (Å²) in [6, 6.07) is 0. The average Bonchev–Trinajstić information content (AvgIpc) is 2.19. The Morgan fingerprint density at radius 1 is 0.778 bits per heavy atom. The number of hydrogen-bond donors (Lipinski definition) is 0. The van der Waals surface area contributed by atoms with Crippen LogP contribution < -0.4 is 0 Å². The number of carbonyl (C=O) groups is 3. The van der Waals surface area contributed by atoms with Crippen LogP contribution in [0.15, 0.2) is 0 Å². The number of ether oxygens (including phenoxy) is 3. The standard InChI is InChI=1S/C12H18O6/c1-7(13)16-10-4-5-11(17-8(2)14)12(6-10)18-9(3)15/h10-12H,4-6H2,1-3H3/t10-,11-,12+/m0/s1. The van der Waals surface area contributed by atoms with Gasteiger partial charge in [-0.25, -0.2) is 0 Å². The van der Waals surface area contributed by atoms with E-state index in [1.165, 1.54) is 20.8 Å². The van der Waals surface area contributed by atoms with E-state index in [2.05, 4.69) is 0 Å². The first-order valence-corrected chi connectivity index (χ1v) is 5.90. The molecule has 0 radical (unpaired) electrons. The minimum Gasteiger partial charge on any atom is -0.462 e. The van der Waals surface area contributed by atoms with Crippen molar-refractivity contribution >= 4 is 17.9 Å². The van der Waals surface area contributed by atoms with E-state index in [0.29, 0.717) is 19.3 Å². The highest BCUT2D eigenvalue weighted by Gasteiger charge is 2.36. The molecule has 0 heterocycles. The maximum atomic E-state index is 11.0. The first kappa shape index (κ1) is 14.5. The Morgan fingerprint density at radius 3 is 1.78 bits per heavy atom. The van der Waals surface area contributed by atoms with Gasteiger partial charge in [-0.15, -0.1) is 0 Å². The van der Waals surface area contributed by atoms with Crippen molar-refractivity contribution in [2.75, 3.05) is 0 Å². The van der Waals surface area contributed by atoms with Gasteiger partial charge in [-0.05, 0) is 12.8 Å². The first-order valence-electron chi connectivity index (χ1n) is 5.90. The van der Waals surface area contributed by atoms with Crippen LogP contribution in [0.5, 0.6) is 0 Å². The maximum absolute atomic E-state index is 11.0. The normalized spacial score (nSPS) is 27.2. The lowest BCUT2D eigenvalue weighted by atomic mass is 9.92. The third-order valence-electron chi connectivity index (χ3n) is 2.65. The molecule has 0 amide bonds. The number of hydrogen-bond acceptors (Lipinski definition) is 6. The van der Waals surface area contributed by atoms with Gasteiger partial charge in [0.25, 0.3) is 0 Å². The smallest absolute Gasteiger partial charge is 0.303 e. The molecular formula is C12H18O6. The second kappa shape index (κ2) is 6.37. The Kier molecular flexibility index (Phi) is 5.12. The molecule has 1 aliphatic carbocycles. The van der Waals surface area contributed by atoms with E-state index in [0.717, 1.165) is 0 Å². The van der Waals surface area contributed by atoms with Crippen LogP contribution in [-0.2, 0) is 28.6 Å². The molecule has 1 aliphatic rings. The number of esters is 3. The van der Waals surface area contributed by atoms with Crippen LogP contribution >= 0.6 is 0 Å². The van der Waals surface area contributed by atoms with Crippen molar-refractivity contribution in [2.45, 2.75) is 58.3 Å². The van der Waals surface area contributed by atoms with Crippen LogP contribution in [-0.4, -0.2) is 36.2 Å². The van der Waals surface area contributed by atoms with Crippen molar-refractivity contribution in [1.82, 2.24) is 0 Å². The summed E-state index contributed by atoms with van der Waals surface area (Å²) in [6.07, 6.45) is 0.156. The summed E-state index contributed by atoms with van der Waals surface area (Å²) in [5, 5.41) is 0. The second-order valence-corrected chi connectivity index (χ2v) is 4.34. The van der Waals surface area contributed by atoms with Gasteiger partial charge >= 0.3 is 17.9 Å². The molecule has 0 aromatic carbocycles. The molecule has 0 saturated heterocycles. The summed E-state index contributed by atoms with van der Waals surface area (Å²) in [5.41, 5.74) is 0. The van der Waals surface area contributed by atoms with Crippen LogP contribution in [0.2, 0.25) is 0 Å². The van der Waals surface area contributed by atoms with Gasteiger partial charge in [0.15, 0.2) is 0 Å². The van der Waals surface area contributed by atoms with E-state index >= 15 is 0 Å². The van der Waals surface area contributed by atoms with Gasteiger partial charge in [0.1, 0.15) is 18.3 Å². The summed E-state index contributed by atoms with van der Waals surface area (Å²) < 4.78 is 15.3. The Bertz CT molecular complexity index is 337. The van der Waals surface area contributed by atoms with E-state index < -0.39 is 24.1 Å². The van der Waals surface area contributed by atoms with Crippen LogP contribution in [0, 0.1) is 0 Å². The molecule has 0 unspecified atom stereocenters. The molecule has 0 spiro atoms. The molecule has 1 saturated carbocycles. The quantitative estimate of drug-likeness (QED) is 0.554. The highest BCUT2D eigenvalue weighted by atomic mass is 16.6. The molecule has 1 fully saturated rings. The molecule has 0 aromatic rings. The van der Waals surface area contributed by atoms with E-state index in [1.807, 2.05) is 0 Å². The molecule has 1 rings (SSSR count). The molecular weight excluding hydrogens is 240 g/mol. The summed E-state index contributed by atoms with van der Waals surface area (Å²) in [6.45, 7) is 3.93. The molecule has 0 aliphatic heterocycles. The molecule has 0 N–H and O–H groups in total. The van der Waals surface area contributed by atoms with Crippen molar-refractivity contribution < 1.29 is 28.6 Å². The highest BCUT2D eigenvalue weighted by Crippen LogP contribution is 2.26. The molecule has 6 nitrogen and oxygen atoms in total. The fourth-order valence-corrected chi connectivity index (χ4v) is 2.09. The van der Waals surface area contributed by atoms with Gasteiger partial charge < -0.3 is 14.2 Å². The van der Waals surface area contributed by atoms with Crippen LogP contribution in [0.1, 0.15) is 40.0 Å². The number of carbonyl (C=O) groups excluding carboxylic acids is 3. The maximum Gasteiger partial charge on any atom is 0.303 e. The summed E-state index contributed by atoms with van der Waals surface area (Å²) in [4.78, 5) is 32.8. The number of rotatable bonds is 3. The molecule has 6 heteroatoms. The zero-order valence-electron chi connectivity index (χ0n) is 10.8. The van der Waals surface area contributed by atoms with E-state index in [9.17, 15) is 14.4 Å². The topological polar surface area (TPSA) is 78.9 Å². The van der Waals surface area contributed by atoms with E-state index in [4.69, 9.17) is 14.2 Å². The minimum absolute atomic E-state index is 0.293. The highest BCUT2D eigenvalue weighted by molar-refractivity contribution is 5.67. The van der Waals surface area contributed by atoms with Crippen molar-refractivity contribution in [3.8, 4) is 0 Å². The largest absolute Gasteiger partial charge is 0.462 e. The van der Waals surface area contributed by atoms with Crippen molar-refractivity contribution in [1.29, 1.82) is 0 Å². The second-order valence-electron chi connectivity index (χ2n) is 4.34. The lowest BCUT2D eigenvalue weighted by Crippen LogP contribution is -2.42. The van der Waals surface area contributed by atoms with Crippen LogP contribution in [0.4, 0.5) is 0 Å². The minimum atomic E-state index is -0.551. The predicted octanol–water partition coefficient (Wildman–Crippen LogP) is 0.965. The van der Waals surface area contributed by atoms with Crippen LogP contribution in [0.3, 0.4) is 0 Å². The third-order valence-corrected chi connectivity index (χ3v) is 2.65. The average molecular weight is 258 g/mol. The third kappa shape index (κ3) is 4.73. The Labute approximate surface area is 106 Å². The van der Waals surface area contributed by atoms with Crippen molar-refractivity contribution in [2.24, 2.45) is 0 Å². The summed E-state index contributed by atoms with van der Waals surface area (Å²) >= 11 is 0. The SMILES string of the molecule is CC(=O)O[C@H]1CC[C@H](OC(C)=O)[C@H](OC(C)=O)C1. The fourth-order valence-electron chi connectivity index (χ4n) is 2.09. The van der Waals surface area contributed by atoms with Gasteiger partial charge in [0.2, 0.25) is 0 Å². The van der Waals surface area contributed by atoms with Gasteiger partial charge in [-0.1, -0.05) is 0 Å². The monoisotopic (exact) mass is 258 g/mol. The van der Waals surface area contributed by atoms with E-state index in [-0.39, 0.29) is 12.1 Å². The summed E-state index contributed by atoms with van der Waals surface area (Å²) in [7, 11) is 0. The molecule has 0 aromatic heterocycles. The molecule has 18 heavy (non-hydrogen) atoms. The lowest BCUT2D eigenvalue weighted by molar-refractivity contribution is -0.177. The Hall–Kier alpha value is -1.59. The van der Waals surface area contributed by atoms with Crippen molar-refractivity contribution in [3.05, 3.63) is 0 Å². The van der Waals surface area contributed by atoms with Gasteiger partial charge in [0, 0.05) is 27.2 Å². The lowest BCUT2D eigenvalue weighted by Gasteiger charge is -2.34. The molecule has 0 bridgehead atoms. The van der Waals surface area contributed by atoms with E-state index in [1.54, 1.807) is 0 Å². The van der Waals surface area contributed by atoms with Gasteiger partial charge in [0.05, 0.1) is 0 Å². The zero-order valence-corrected chi connectivity index (χ0v) is 10.8. The summed E-state index contributed by atoms with van der Waals surface area (Å²) in [5.74, 6) is -1.23. The van der Waals surface area contributed by atoms with Gasteiger partial charge in [-0.2, -0.15) is 0 Å². The first-order chi connectivity index (χ1) is 8.38. The van der Waals surface area contributed by atoms with Gasteiger partial charge in [-0.3, -0.25) is 14.4 Å². The zero-order chi connectivity index (χ0) is 13.7. The molecule has 3 atom stereocenters.